The Bertz CT molecular complexity index is 1130. The topological polar surface area (TPSA) is 97.9 Å². The molecule has 1 aromatic carbocycles. The van der Waals surface area contributed by atoms with E-state index in [4.69, 9.17) is 0 Å². The van der Waals surface area contributed by atoms with Crippen molar-refractivity contribution >= 4 is 11.8 Å². The molecule has 5 rings (SSSR count). The van der Waals surface area contributed by atoms with E-state index in [-0.39, 0.29) is 29.8 Å². The van der Waals surface area contributed by atoms with Crippen molar-refractivity contribution in [3.63, 3.8) is 0 Å². The number of piperidine rings is 1. The number of carbonyl (C=O) groups excluding carboxylic acids is 2. The van der Waals surface area contributed by atoms with Crippen molar-refractivity contribution in [2.75, 3.05) is 13.1 Å². The van der Waals surface area contributed by atoms with Gasteiger partial charge in [0.15, 0.2) is 5.69 Å². The van der Waals surface area contributed by atoms with Gasteiger partial charge in [-0.2, -0.15) is 5.10 Å². The molecule has 1 saturated heterocycles. The number of nitrogens with one attached hydrogen (secondary N) is 1. The standard InChI is InChI=1S/C24H29N7O2/c1-18-13-26-30(15-18)17-22(32)29-11-9-24(10-12-29)8-7-21(24)31-16-20(27-28-31)23(33)25-14-19-5-3-2-4-6-19/h2-6,13,15-16,21H,7-12,14,17H2,1H3,(H,25,33). The summed E-state index contributed by atoms with van der Waals surface area (Å²) >= 11 is 0. The first-order valence-corrected chi connectivity index (χ1v) is 11.5. The largest absolute Gasteiger partial charge is 0.347 e. The van der Waals surface area contributed by atoms with E-state index in [2.05, 4.69) is 20.7 Å². The molecule has 9 nitrogen and oxygen atoms in total. The van der Waals surface area contributed by atoms with Gasteiger partial charge in [-0.05, 0) is 49.1 Å². The molecule has 9 heteroatoms. The SMILES string of the molecule is Cc1cnn(CC(=O)N2CCC3(CCC3n3cc(C(=O)NCc4ccccc4)nn3)CC2)c1. The van der Waals surface area contributed by atoms with Crippen LogP contribution in [0.3, 0.4) is 0 Å². The number of hydrogen-bond donors (Lipinski definition) is 1. The maximum atomic E-state index is 12.7. The zero-order valence-electron chi connectivity index (χ0n) is 18.9. The van der Waals surface area contributed by atoms with Crippen LogP contribution in [0.15, 0.2) is 48.9 Å². The molecule has 1 N–H and O–H groups in total. The molecule has 3 aromatic rings. The third-order valence-corrected chi connectivity index (χ3v) is 7.15. The summed E-state index contributed by atoms with van der Waals surface area (Å²) in [6.07, 6.45) is 9.45. The minimum absolute atomic E-state index is 0.113. The molecule has 0 radical (unpaired) electrons. The predicted molar refractivity (Wildman–Crippen MR) is 121 cm³/mol. The summed E-state index contributed by atoms with van der Waals surface area (Å²) in [5.74, 6) is -0.102. The maximum Gasteiger partial charge on any atom is 0.273 e. The third-order valence-electron chi connectivity index (χ3n) is 7.15. The van der Waals surface area contributed by atoms with Gasteiger partial charge in [-0.1, -0.05) is 35.5 Å². The molecule has 1 atom stereocenters. The van der Waals surface area contributed by atoms with Crippen LogP contribution in [0, 0.1) is 12.3 Å². The molecule has 2 amide bonds. The zero-order valence-corrected chi connectivity index (χ0v) is 18.9. The van der Waals surface area contributed by atoms with Crippen LogP contribution in [-0.4, -0.2) is 54.6 Å². The van der Waals surface area contributed by atoms with E-state index in [0.29, 0.717) is 12.2 Å². The number of aryl methyl sites for hydroxylation is 1. The lowest BCUT2D eigenvalue weighted by Gasteiger charge is -2.53. The van der Waals surface area contributed by atoms with Crippen LogP contribution in [0.5, 0.6) is 0 Å². The number of rotatable bonds is 6. The lowest BCUT2D eigenvalue weighted by molar-refractivity contribution is -0.137. The van der Waals surface area contributed by atoms with E-state index < -0.39 is 0 Å². The molecular formula is C24H29N7O2. The summed E-state index contributed by atoms with van der Waals surface area (Å²) in [5, 5.41) is 15.5. The number of benzene rings is 1. The van der Waals surface area contributed by atoms with E-state index in [1.54, 1.807) is 17.1 Å². The van der Waals surface area contributed by atoms with Crippen LogP contribution < -0.4 is 5.32 Å². The number of amides is 2. The van der Waals surface area contributed by atoms with E-state index in [1.165, 1.54) is 0 Å². The van der Waals surface area contributed by atoms with Gasteiger partial charge in [0.05, 0.1) is 18.4 Å². The van der Waals surface area contributed by atoms with Gasteiger partial charge in [0, 0.05) is 25.8 Å². The number of hydrogen-bond acceptors (Lipinski definition) is 5. The van der Waals surface area contributed by atoms with Crippen molar-refractivity contribution < 1.29 is 9.59 Å². The summed E-state index contributed by atoms with van der Waals surface area (Å²) in [5.41, 5.74) is 2.57. The number of aromatic nitrogens is 5. The van der Waals surface area contributed by atoms with Crippen molar-refractivity contribution in [2.45, 2.75) is 51.7 Å². The van der Waals surface area contributed by atoms with Gasteiger partial charge < -0.3 is 10.2 Å². The normalized spacial score (nSPS) is 19.3. The van der Waals surface area contributed by atoms with Gasteiger partial charge in [0.25, 0.3) is 5.91 Å². The van der Waals surface area contributed by atoms with Gasteiger partial charge in [-0.25, -0.2) is 4.68 Å². The van der Waals surface area contributed by atoms with Crippen LogP contribution >= 0.6 is 0 Å². The van der Waals surface area contributed by atoms with Gasteiger partial charge in [0.2, 0.25) is 5.91 Å². The van der Waals surface area contributed by atoms with Crippen molar-refractivity contribution in [1.29, 1.82) is 0 Å². The van der Waals surface area contributed by atoms with Crippen molar-refractivity contribution in [2.24, 2.45) is 5.41 Å². The van der Waals surface area contributed by atoms with E-state index in [0.717, 1.165) is 49.9 Å². The van der Waals surface area contributed by atoms with E-state index >= 15 is 0 Å². The smallest absolute Gasteiger partial charge is 0.273 e. The minimum Gasteiger partial charge on any atom is -0.347 e. The highest BCUT2D eigenvalue weighted by molar-refractivity contribution is 5.91. The Morgan fingerprint density at radius 1 is 1.12 bits per heavy atom. The highest BCUT2D eigenvalue weighted by Crippen LogP contribution is 2.56. The quantitative estimate of drug-likeness (QED) is 0.626. The molecule has 1 spiro atoms. The molecule has 1 saturated carbocycles. The average molecular weight is 448 g/mol. The van der Waals surface area contributed by atoms with Crippen LogP contribution in [-0.2, 0) is 17.9 Å². The Morgan fingerprint density at radius 2 is 1.91 bits per heavy atom. The fraction of sp³-hybridized carbons (Fsp3) is 0.458. The molecule has 1 aliphatic carbocycles. The van der Waals surface area contributed by atoms with E-state index in [9.17, 15) is 9.59 Å². The second-order valence-corrected chi connectivity index (χ2v) is 9.26. The fourth-order valence-electron chi connectivity index (χ4n) is 5.07. The summed E-state index contributed by atoms with van der Waals surface area (Å²) in [4.78, 5) is 27.1. The van der Waals surface area contributed by atoms with Gasteiger partial charge >= 0.3 is 0 Å². The second kappa shape index (κ2) is 8.80. The Balaban J connectivity index is 1.16. The summed E-state index contributed by atoms with van der Waals surface area (Å²) in [6, 6.07) is 10.0. The average Bonchev–Trinajstić information content (AvgIpc) is 3.46. The molecule has 1 aliphatic heterocycles. The summed E-state index contributed by atoms with van der Waals surface area (Å²) in [6.45, 7) is 4.21. The number of carbonyl (C=O) groups is 2. The molecule has 0 bridgehead atoms. The molecule has 2 aromatic heterocycles. The maximum absolute atomic E-state index is 12.7. The second-order valence-electron chi connectivity index (χ2n) is 9.26. The number of nitrogens with zero attached hydrogens (tertiary/aromatic N) is 6. The molecular weight excluding hydrogens is 418 g/mol. The van der Waals surface area contributed by atoms with Gasteiger partial charge in [-0.15, -0.1) is 5.10 Å². The molecule has 2 aliphatic rings. The van der Waals surface area contributed by atoms with Crippen molar-refractivity contribution in [1.82, 2.24) is 35.0 Å². The zero-order chi connectivity index (χ0) is 22.8. The molecule has 1 unspecified atom stereocenters. The predicted octanol–water partition coefficient (Wildman–Crippen LogP) is 2.36. The van der Waals surface area contributed by atoms with Gasteiger partial charge in [0.1, 0.15) is 6.54 Å². The Kier molecular flexibility index (Phi) is 5.70. The Hall–Kier alpha value is -3.49. The number of likely N-dealkylation sites (tertiary alicyclic amines) is 1. The first kappa shape index (κ1) is 21.4. The first-order valence-electron chi connectivity index (χ1n) is 11.5. The van der Waals surface area contributed by atoms with Crippen LogP contribution in [0.4, 0.5) is 0 Å². The van der Waals surface area contributed by atoms with Crippen LogP contribution in [0.25, 0.3) is 0 Å². The monoisotopic (exact) mass is 447 g/mol. The molecule has 2 fully saturated rings. The third kappa shape index (κ3) is 4.40. The Morgan fingerprint density at radius 3 is 2.58 bits per heavy atom. The first-order chi connectivity index (χ1) is 16.0. The van der Waals surface area contributed by atoms with Crippen molar-refractivity contribution in [3.8, 4) is 0 Å². The van der Waals surface area contributed by atoms with Crippen LogP contribution in [0.1, 0.15) is 53.3 Å². The minimum atomic E-state index is -0.215. The summed E-state index contributed by atoms with van der Waals surface area (Å²) < 4.78 is 3.57. The highest BCUT2D eigenvalue weighted by atomic mass is 16.2. The molecule has 3 heterocycles. The lowest BCUT2D eigenvalue weighted by atomic mass is 9.59. The lowest BCUT2D eigenvalue weighted by Crippen LogP contribution is -2.51. The van der Waals surface area contributed by atoms with Crippen molar-refractivity contribution in [3.05, 3.63) is 65.7 Å². The van der Waals surface area contributed by atoms with Crippen LogP contribution in [0.2, 0.25) is 0 Å². The summed E-state index contributed by atoms with van der Waals surface area (Å²) in [7, 11) is 0. The van der Waals surface area contributed by atoms with Gasteiger partial charge in [-0.3, -0.25) is 14.3 Å². The Labute approximate surface area is 192 Å². The highest BCUT2D eigenvalue weighted by Gasteiger charge is 2.50. The molecule has 172 valence electrons. The molecule has 33 heavy (non-hydrogen) atoms. The van der Waals surface area contributed by atoms with E-state index in [1.807, 2.05) is 53.0 Å². The fourth-order valence-corrected chi connectivity index (χ4v) is 5.07.